The van der Waals surface area contributed by atoms with Crippen LogP contribution in [-0.4, -0.2) is 12.5 Å². The van der Waals surface area contributed by atoms with Crippen LogP contribution < -0.4 is 10.1 Å². The Bertz CT molecular complexity index is 330. The molecule has 0 aliphatic rings. The van der Waals surface area contributed by atoms with Gasteiger partial charge < -0.3 is 10.1 Å². The highest BCUT2D eigenvalue weighted by Crippen LogP contribution is 2.15. The lowest BCUT2D eigenvalue weighted by atomic mass is 10.3. The third kappa shape index (κ3) is 3.85. The molecule has 0 saturated carbocycles. The first-order valence-electron chi connectivity index (χ1n) is 4.92. The Morgan fingerprint density at radius 2 is 2.13 bits per heavy atom. The summed E-state index contributed by atoms with van der Waals surface area (Å²) < 4.78 is 5.41. The lowest BCUT2D eigenvalue weighted by molar-refractivity contribution is -0.111. The van der Waals surface area contributed by atoms with E-state index in [9.17, 15) is 4.79 Å². The molecular formula is C12H15NO2. The number of ether oxygens (including phenoxy) is 1. The van der Waals surface area contributed by atoms with Crippen molar-refractivity contribution in [2.45, 2.75) is 13.3 Å². The van der Waals surface area contributed by atoms with E-state index < -0.39 is 0 Å². The first-order valence-corrected chi connectivity index (χ1v) is 4.92. The molecule has 1 amide bonds. The molecule has 1 aromatic carbocycles. The van der Waals surface area contributed by atoms with E-state index in [1.165, 1.54) is 6.08 Å². The van der Waals surface area contributed by atoms with Crippen LogP contribution in [0.3, 0.4) is 0 Å². The van der Waals surface area contributed by atoms with Gasteiger partial charge in [0.15, 0.2) is 0 Å². The third-order valence-corrected chi connectivity index (χ3v) is 1.78. The molecule has 80 valence electrons. The van der Waals surface area contributed by atoms with E-state index in [0.29, 0.717) is 6.61 Å². The standard InChI is InChI=1S/C12H15NO2/c1-3-9-15-11-7-5-10(6-8-11)13-12(14)4-2/h4-8H,2-3,9H2,1H3,(H,13,14). The van der Waals surface area contributed by atoms with Crippen LogP contribution in [0.2, 0.25) is 0 Å². The Morgan fingerprint density at radius 1 is 1.47 bits per heavy atom. The zero-order valence-corrected chi connectivity index (χ0v) is 8.82. The summed E-state index contributed by atoms with van der Waals surface area (Å²) in [4.78, 5) is 11.0. The van der Waals surface area contributed by atoms with Crippen molar-refractivity contribution in [1.29, 1.82) is 0 Å². The second-order valence-corrected chi connectivity index (χ2v) is 3.07. The summed E-state index contributed by atoms with van der Waals surface area (Å²) in [5, 5.41) is 2.66. The number of nitrogens with one attached hydrogen (secondary N) is 1. The maximum absolute atomic E-state index is 11.0. The van der Waals surface area contributed by atoms with Gasteiger partial charge in [-0.25, -0.2) is 0 Å². The van der Waals surface area contributed by atoms with Gasteiger partial charge in [0.25, 0.3) is 0 Å². The number of benzene rings is 1. The Morgan fingerprint density at radius 3 is 2.67 bits per heavy atom. The molecular weight excluding hydrogens is 190 g/mol. The van der Waals surface area contributed by atoms with E-state index in [0.717, 1.165) is 17.9 Å². The van der Waals surface area contributed by atoms with E-state index in [1.54, 1.807) is 12.1 Å². The number of hydrogen-bond acceptors (Lipinski definition) is 2. The third-order valence-electron chi connectivity index (χ3n) is 1.78. The summed E-state index contributed by atoms with van der Waals surface area (Å²) in [5.41, 5.74) is 0.740. The second-order valence-electron chi connectivity index (χ2n) is 3.07. The second kappa shape index (κ2) is 5.86. The van der Waals surface area contributed by atoms with Crippen LogP contribution >= 0.6 is 0 Å². The number of carbonyl (C=O) groups excluding carboxylic acids is 1. The Labute approximate surface area is 89.8 Å². The summed E-state index contributed by atoms with van der Waals surface area (Å²) in [6.07, 6.45) is 2.22. The lowest BCUT2D eigenvalue weighted by Crippen LogP contribution is -2.06. The van der Waals surface area contributed by atoms with Crippen molar-refractivity contribution in [1.82, 2.24) is 0 Å². The summed E-state index contributed by atoms with van der Waals surface area (Å²) >= 11 is 0. The first kappa shape index (κ1) is 11.3. The van der Waals surface area contributed by atoms with Gasteiger partial charge in [-0.1, -0.05) is 13.5 Å². The van der Waals surface area contributed by atoms with Crippen molar-refractivity contribution in [2.75, 3.05) is 11.9 Å². The number of anilines is 1. The van der Waals surface area contributed by atoms with Gasteiger partial charge in [-0.3, -0.25) is 4.79 Å². The summed E-state index contributed by atoms with van der Waals surface area (Å²) in [5.74, 6) is 0.602. The van der Waals surface area contributed by atoms with Gasteiger partial charge in [-0.15, -0.1) is 0 Å². The van der Waals surface area contributed by atoms with Crippen LogP contribution in [0.25, 0.3) is 0 Å². The fourth-order valence-corrected chi connectivity index (χ4v) is 1.05. The zero-order chi connectivity index (χ0) is 11.1. The van der Waals surface area contributed by atoms with E-state index in [1.807, 2.05) is 12.1 Å². The van der Waals surface area contributed by atoms with Crippen LogP contribution in [-0.2, 0) is 4.79 Å². The fraction of sp³-hybridized carbons (Fsp3) is 0.250. The summed E-state index contributed by atoms with van der Waals surface area (Å²) in [7, 11) is 0. The van der Waals surface area contributed by atoms with Gasteiger partial charge in [0.2, 0.25) is 5.91 Å². The van der Waals surface area contributed by atoms with E-state index in [-0.39, 0.29) is 5.91 Å². The monoisotopic (exact) mass is 205 g/mol. The molecule has 0 atom stereocenters. The molecule has 1 rings (SSSR count). The topological polar surface area (TPSA) is 38.3 Å². The van der Waals surface area contributed by atoms with Crippen LogP contribution in [0.4, 0.5) is 5.69 Å². The summed E-state index contributed by atoms with van der Waals surface area (Å²) in [6, 6.07) is 7.25. The molecule has 1 N–H and O–H groups in total. The van der Waals surface area contributed by atoms with Gasteiger partial charge in [0.05, 0.1) is 6.61 Å². The first-order chi connectivity index (χ1) is 7.26. The van der Waals surface area contributed by atoms with Crippen LogP contribution in [0, 0.1) is 0 Å². The molecule has 0 fully saturated rings. The molecule has 0 saturated heterocycles. The summed E-state index contributed by atoms with van der Waals surface area (Å²) in [6.45, 7) is 6.14. The Hall–Kier alpha value is -1.77. The molecule has 0 bridgehead atoms. The van der Waals surface area contributed by atoms with Crippen molar-refractivity contribution in [3.05, 3.63) is 36.9 Å². The molecule has 1 aromatic rings. The number of amides is 1. The minimum atomic E-state index is -0.211. The number of rotatable bonds is 5. The molecule has 0 heterocycles. The van der Waals surface area contributed by atoms with Crippen molar-refractivity contribution in [2.24, 2.45) is 0 Å². The highest BCUT2D eigenvalue weighted by molar-refractivity contribution is 5.98. The largest absolute Gasteiger partial charge is 0.494 e. The quantitative estimate of drug-likeness (QED) is 0.750. The lowest BCUT2D eigenvalue weighted by Gasteiger charge is -2.06. The van der Waals surface area contributed by atoms with Gasteiger partial charge in [0, 0.05) is 5.69 Å². The highest BCUT2D eigenvalue weighted by atomic mass is 16.5. The van der Waals surface area contributed by atoms with Crippen LogP contribution in [0.15, 0.2) is 36.9 Å². The van der Waals surface area contributed by atoms with E-state index in [2.05, 4.69) is 18.8 Å². The van der Waals surface area contributed by atoms with Gasteiger partial charge in [0.1, 0.15) is 5.75 Å². The zero-order valence-electron chi connectivity index (χ0n) is 8.82. The molecule has 0 spiro atoms. The predicted molar refractivity (Wildman–Crippen MR) is 61.1 cm³/mol. The smallest absolute Gasteiger partial charge is 0.247 e. The Balaban J connectivity index is 2.55. The molecule has 0 aliphatic carbocycles. The van der Waals surface area contributed by atoms with Crippen LogP contribution in [0.5, 0.6) is 5.75 Å². The minimum absolute atomic E-state index is 0.211. The number of carbonyl (C=O) groups is 1. The highest BCUT2D eigenvalue weighted by Gasteiger charge is 1.97. The van der Waals surface area contributed by atoms with Crippen LogP contribution in [0.1, 0.15) is 13.3 Å². The van der Waals surface area contributed by atoms with Gasteiger partial charge in [-0.05, 0) is 36.8 Å². The van der Waals surface area contributed by atoms with Crippen molar-refractivity contribution >= 4 is 11.6 Å². The van der Waals surface area contributed by atoms with Crippen molar-refractivity contribution in [3.8, 4) is 5.75 Å². The molecule has 0 aliphatic heterocycles. The molecule has 0 aromatic heterocycles. The van der Waals surface area contributed by atoms with Gasteiger partial charge in [-0.2, -0.15) is 0 Å². The molecule has 3 nitrogen and oxygen atoms in total. The normalized spacial score (nSPS) is 9.40. The maximum atomic E-state index is 11.0. The van der Waals surface area contributed by atoms with Crippen molar-refractivity contribution in [3.63, 3.8) is 0 Å². The number of hydrogen-bond donors (Lipinski definition) is 1. The Kier molecular flexibility index (Phi) is 4.41. The average Bonchev–Trinajstić information content (AvgIpc) is 2.28. The average molecular weight is 205 g/mol. The molecule has 0 unspecified atom stereocenters. The van der Waals surface area contributed by atoms with Crippen molar-refractivity contribution < 1.29 is 9.53 Å². The predicted octanol–water partition coefficient (Wildman–Crippen LogP) is 2.60. The maximum Gasteiger partial charge on any atom is 0.247 e. The molecule has 0 radical (unpaired) electrons. The molecule has 15 heavy (non-hydrogen) atoms. The fourth-order valence-electron chi connectivity index (χ4n) is 1.05. The van der Waals surface area contributed by atoms with E-state index in [4.69, 9.17) is 4.74 Å². The molecule has 3 heteroatoms. The minimum Gasteiger partial charge on any atom is -0.494 e. The SMILES string of the molecule is C=CC(=O)Nc1ccc(OCCC)cc1. The van der Waals surface area contributed by atoms with Gasteiger partial charge >= 0.3 is 0 Å². The van der Waals surface area contributed by atoms with E-state index >= 15 is 0 Å².